The van der Waals surface area contributed by atoms with E-state index in [1.54, 1.807) is 6.08 Å². The maximum atomic E-state index is 10.3. The Morgan fingerprint density at radius 3 is 2.40 bits per heavy atom. The summed E-state index contributed by atoms with van der Waals surface area (Å²) in [4.78, 5) is 0. The van der Waals surface area contributed by atoms with Crippen LogP contribution in [-0.2, 0) is 18.9 Å². The highest BCUT2D eigenvalue weighted by Gasteiger charge is 2.75. The molecular weight excluding hydrogens is 340 g/mol. The summed E-state index contributed by atoms with van der Waals surface area (Å²) in [5.41, 5.74) is -0.992. The number of fused-ring (bicyclic) bond motifs is 3. The first-order valence-electron chi connectivity index (χ1n) is 8.19. The average Bonchev–Trinajstić information content (AvgIpc) is 3.31. The third-order valence-electron chi connectivity index (χ3n) is 5.62. The van der Waals surface area contributed by atoms with Crippen molar-refractivity contribution in [2.45, 2.75) is 54.8 Å². The predicted octanol–water partition coefficient (Wildman–Crippen LogP) is -3.59. The summed E-state index contributed by atoms with van der Waals surface area (Å²) >= 11 is 0. The van der Waals surface area contributed by atoms with Crippen molar-refractivity contribution in [3.05, 3.63) is 12.3 Å². The molecule has 25 heavy (non-hydrogen) atoms. The highest BCUT2D eigenvalue weighted by molar-refractivity contribution is 5.24. The Labute approximate surface area is 142 Å². The number of hydrogen-bond acceptors (Lipinski definition) is 10. The van der Waals surface area contributed by atoms with Crippen LogP contribution in [0.5, 0.6) is 0 Å². The molecule has 1 aliphatic carbocycles. The lowest BCUT2D eigenvalue weighted by atomic mass is 9.85. The molecule has 0 amide bonds. The lowest BCUT2D eigenvalue weighted by molar-refractivity contribution is -0.344. The number of epoxide rings is 1. The van der Waals surface area contributed by atoms with E-state index in [-0.39, 0.29) is 12.5 Å². The van der Waals surface area contributed by atoms with Crippen molar-refractivity contribution < 1.29 is 49.6 Å². The smallest absolute Gasteiger partial charge is 0.208 e. The molecule has 1 saturated carbocycles. The molecule has 10 nitrogen and oxygen atoms in total. The molecule has 0 aromatic heterocycles. The first-order chi connectivity index (χ1) is 11.9. The first-order valence-corrected chi connectivity index (χ1v) is 8.19. The molecule has 3 fully saturated rings. The van der Waals surface area contributed by atoms with Gasteiger partial charge < -0.3 is 49.6 Å². The van der Waals surface area contributed by atoms with Crippen molar-refractivity contribution in [3.63, 3.8) is 0 Å². The SMILES string of the molecule is OC[C@H]1O[C@@H](O[C@@H]2OC=C[C@H]3[C@@H](O)[C@@H]4O[C@]4(CO)[C@@H]23)[C@H](O)[C@@H](O)[C@@H]1O. The zero-order valence-corrected chi connectivity index (χ0v) is 13.2. The summed E-state index contributed by atoms with van der Waals surface area (Å²) in [6.45, 7) is -0.908. The number of aliphatic hydroxyl groups is 6. The predicted molar refractivity (Wildman–Crippen MR) is 76.5 cm³/mol. The van der Waals surface area contributed by atoms with Gasteiger partial charge in [-0.05, 0) is 6.08 Å². The molecule has 2 saturated heterocycles. The quantitative estimate of drug-likeness (QED) is 0.276. The van der Waals surface area contributed by atoms with Gasteiger partial charge in [0.1, 0.15) is 36.1 Å². The molecule has 11 atom stereocenters. The van der Waals surface area contributed by atoms with E-state index >= 15 is 0 Å². The van der Waals surface area contributed by atoms with Gasteiger partial charge in [-0.3, -0.25) is 0 Å². The van der Waals surface area contributed by atoms with E-state index in [0.29, 0.717) is 0 Å². The van der Waals surface area contributed by atoms with Crippen LogP contribution < -0.4 is 0 Å². The molecule has 10 heteroatoms. The van der Waals surface area contributed by atoms with Crippen molar-refractivity contribution in [1.29, 1.82) is 0 Å². The molecule has 142 valence electrons. The van der Waals surface area contributed by atoms with E-state index in [4.69, 9.17) is 18.9 Å². The van der Waals surface area contributed by atoms with Gasteiger partial charge in [0.15, 0.2) is 6.29 Å². The highest BCUT2D eigenvalue weighted by atomic mass is 16.8. The maximum Gasteiger partial charge on any atom is 0.208 e. The van der Waals surface area contributed by atoms with E-state index < -0.39 is 67.3 Å². The molecule has 4 aliphatic rings. The number of aliphatic hydroxyl groups excluding tert-OH is 6. The van der Waals surface area contributed by atoms with Crippen molar-refractivity contribution in [1.82, 2.24) is 0 Å². The highest BCUT2D eigenvalue weighted by Crippen LogP contribution is 2.59. The fourth-order valence-electron chi connectivity index (χ4n) is 4.17. The second kappa shape index (κ2) is 6.12. The van der Waals surface area contributed by atoms with Gasteiger partial charge in [0.2, 0.25) is 6.29 Å². The van der Waals surface area contributed by atoms with Crippen molar-refractivity contribution in [2.75, 3.05) is 13.2 Å². The van der Waals surface area contributed by atoms with E-state index in [1.165, 1.54) is 6.26 Å². The zero-order valence-electron chi connectivity index (χ0n) is 13.2. The minimum absolute atomic E-state index is 0.332. The Balaban J connectivity index is 1.53. The van der Waals surface area contributed by atoms with Crippen LogP contribution in [0.15, 0.2) is 12.3 Å². The van der Waals surface area contributed by atoms with E-state index in [9.17, 15) is 30.6 Å². The summed E-state index contributed by atoms with van der Waals surface area (Å²) in [5, 5.41) is 59.0. The fourth-order valence-corrected chi connectivity index (χ4v) is 4.17. The van der Waals surface area contributed by atoms with Gasteiger partial charge in [-0.15, -0.1) is 0 Å². The summed E-state index contributed by atoms with van der Waals surface area (Å²) in [5.74, 6) is -0.913. The van der Waals surface area contributed by atoms with E-state index in [2.05, 4.69) is 0 Å². The van der Waals surface area contributed by atoms with Crippen LogP contribution in [-0.4, -0.2) is 98.7 Å². The first kappa shape index (κ1) is 17.6. The molecule has 0 unspecified atom stereocenters. The van der Waals surface area contributed by atoms with Crippen LogP contribution >= 0.6 is 0 Å². The zero-order chi connectivity index (χ0) is 17.9. The van der Waals surface area contributed by atoms with Crippen LogP contribution in [0.25, 0.3) is 0 Å². The Morgan fingerprint density at radius 2 is 1.72 bits per heavy atom. The molecule has 3 heterocycles. The van der Waals surface area contributed by atoms with Gasteiger partial charge in [0.05, 0.1) is 31.5 Å². The van der Waals surface area contributed by atoms with Crippen LogP contribution in [0.3, 0.4) is 0 Å². The normalized spacial score (nSPS) is 56.9. The van der Waals surface area contributed by atoms with E-state index in [0.717, 1.165) is 0 Å². The molecule has 0 bridgehead atoms. The molecule has 0 spiro atoms. The van der Waals surface area contributed by atoms with Crippen molar-refractivity contribution in [3.8, 4) is 0 Å². The third-order valence-corrected chi connectivity index (χ3v) is 5.62. The molecule has 0 radical (unpaired) electrons. The number of ether oxygens (including phenoxy) is 4. The van der Waals surface area contributed by atoms with Gasteiger partial charge in [0, 0.05) is 5.92 Å². The summed E-state index contributed by atoms with van der Waals surface area (Å²) in [7, 11) is 0. The molecule has 0 aromatic carbocycles. The largest absolute Gasteiger partial charge is 0.472 e. The standard InChI is InChI=1S/C15H22O10/c16-3-6-9(19)10(20)11(21)14(23-6)24-13-7-5(1-2-22-13)8(18)12-15(7,4-17)25-12/h1-2,5-14,16-21H,3-4H2/t5-,6-,7-,8-,9-,10+,11-,12+,13+,14+,15-/m1/s1. The van der Waals surface area contributed by atoms with Crippen molar-refractivity contribution in [2.24, 2.45) is 11.8 Å². The van der Waals surface area contributed by atoms with Crippen molar-refractivity contribution >= 4 is 0 Å². The van der Waals surface area contributed by atoms with Crippen LogP contribution in [0.4, 0.5) is 0 Å². The second-order valence-corrected chi connectivity index (χ2v) is 6.91. The molecule has 3 aliphatic heterocycles. The third kappa shape index (κ3) is 2.45. The van der Waals surface area contributed by atoms with Gasteiger partial charge >= 0.3 is 0 Å². The number of hydrogen-bond donors (Lipinski definition) is 6. The monoisotopic (exact) mass is 362 g/mol. The van der Waals surface area contributed by atoms with Crippen LogP contribution in [0.1, 0.15) is 0 Å². The van der Waals surface area contributed by atoms with E-state index in [1.807, 2.05) is 0 Å². The summed E-state index contributed by atoms with van der Waals surface area (Å²) in [6.07, 6.45) is -6.47. The molecular formula is C15H22O10. The Morgan fingerprint density at radius 1 is 0.960 bits per heavy atom. The van der Waals surface area contributed by atoms with Gasteiger partial charge in [-0.25, -0.2) is 0 Å². The molecule has 6 N–H and O–H groups in total. The average molecular weight is 362 g/mol. The Kier molecular flexibility index (Phi) is 4.30. The van der Waals surface area contributed by atoms with Crippen LogP contribution in [0, 0.1) is 11.8 Å². The minimum Gasteiger partial charge on any atom is -0.472 e. The second-order valence-electron chi connectivity index (χ2n) is 6.91. The topological polar surface area (TPSA) is 162 Å². The van der Waals surface area contributed by atoms with Gasteiger partial charge in [-0.2, -0.15) is 0 Å². The summed E-state index contributed by atoms with van der Waals surface area (Å²) in [6, 6.07) is 0. The Hall–Kier alpha value is -0.820. The minimum atomic E-state index is -1.57. The lowest BCUT2D eigenvalue weighted by Gasteiger charge is -2.43. The molecule has 4 rings (SSSR count). The fraction of sp³-hybridized carbons (Fsp3) is 0.867. The van der Waals surface area contributed by atoms with Crippen LogP contribution in [0.2, 0.25) is 0 Å². The molecule has 0 aromatic rings. The lowest BCUT2D eigenvalue weighted by Crippen LogP contribution is -2.60. The maximum absolute atomic E-state index is 10.3. The number of rotatable bonds is 4. The van der Waals surface area contributed by atoms with Gasteiger partial charge in [-0.1, -0.05) is 0 Å². The summed E-state index contributed by atoms with van der Waals surface area (Å²) < 4.78 is 21.9. The Bertz CT molecular complexity index is 540. The van der Waals surface area contributed by atoms with Gasteiger partial charge in [0.25, 0.3) is 0 Å².